The van der Waals surface area contributed by atoms with Gasteiger partial charge in [0, 0.05) is 36.4 Å². The number of carbonyl (C=O) groups excluding carboxylic acids is 1. The molecule has 0 radical (unpaired) electrons. The number of rotatable bonds is 8. The molecule has 4 aliphatic rings. The molecule has 6 heteroatoms. The molecule has 1 N–H and O–H groups in total. The first-order chi connectivity index (χ1) is 15.7. The van der Waals surface area contributed by atoms with Crippen LogP contribution in [0.3, 0.4) is 0 Å². The summed E-state index contributed by atoms with van der Waals surface area (Å²) in [7, 11) is 0. The normalized spacial score (nSPS) is 28.9. The van der Waals surface area contributed by atoms with Gasteiger partial charge in [0.25, 0.3) is 0 Å². The molecule has 6 nitrogen and oxygen atoms in total. The SMILES string of the molecule is O=C(N[C@@H](CCN1[C@H]2CC[C@H]1CC(c1noc(C3CCC3)n1)C2)c1ccccc1)C1CC1. The Kier molecular flexibility index (Phi) is 5.49. The number of carbonyl (C=O) groups is 1. The van der Waals surface area contributed by atoms with Crippen molar-refractivity contribution in [1.82, 2.24) is 20.4 Å². The zero-order chi connectivity index (χ0) is 21.5. The zero-order valence-corrected chi connectivity index (χ0v) is 18.8. The average Bonchev–Trinajstić information content (AvgIpc) is 3.48. The number of benzene rings is 1. The zero-order valence-electron chi connectivity index (χ0n) is 18.8. The standard InChI is InChI=1S/C26H34N4O2/c31-25(18-9-10-18)27-23(17-5-2-1-3-6-17)13-14-30-21-11-12-22(30)16-20(15-21)24-28-26(32-29-24)19-7-4-8-19/h1-3,5-6,18-23H,4,7-16H2,(H,27,31)/t21-,22-,23-/m0/s1. The van der Waals surface area contributed by atoms with Crippen LogP contribution in [0.1, 0.15) is 99.4 Å². The van der Waals surface area contributed by atoms with Crippen LogP contribution < -0.4 is 5.32 Å². The van der Waals surface area contributed by atoms with Crippen LogP contribution in [0.15, 0.2) is 34.9 Å². The highest BCUT2D eigenvalue weighted by Crippen LogP contribution is 2.43. The maximum atomic E-state index is 12.5. The minimum absolute atomic E-state index is 0.101. The Hall–Kier alpha value is -2.21. The Morgan fingerprint density at radius 3 is 2.44 bits per heavy atom. The van der Waals surface area contributed by atoms with Gasteiger partial charge in [0.15, 0.2) is 5.82 Å². The molecule has 6 rings (SSSR count). The smallest absolute Gasteiger partial charge is 0.229 e. The summed E-state index contributed by atoms with van der Waals surface area (Å²) in [5, 5.41) is 7.73. The molecule has 32 heavy (non-hydrogen) atoms. The summed E-state index contributed by atoms with van der Waals surface area (Å²) in [6.07, 6.45) is 11.5. The molecule has 2 aliphatic heterocycles. The van der Waals surface area contributed by atoms with Gasteiger partial charge in [-0.25, -0.2) is 0 Å². The van der Waals surface area contributed by atoms with Crippen molar-refractivity contribution >= 4 is 5.91 Å². The second-order valence-corrected chi connectivity index (χ2v) is 10.4. The summed E-state index contributed by atoms with van der Waals surface area (Å²) in [5.74, 6) is 3.24. The van der Waals surface area contributed by atoms with Crippen LogP contribution in [-0.2, 0) is 4.79 Å². The van der Waals surface area contributed by atoms with Gasteiger partial charge in [-0.15, -0.1) is 0 Å². The number of aromatic nitrogens is 2. The van der Waals surface area contributed by atoms with E-state index in [1.165, 1.54) is 37.7 Å². The van der Waals surface area contributed by atoms with E-state index in [0.29, 0.717) is 23.9 Å². The minimum atomic E-state index is 0.101. The highest BCUT2D eigenvalue weighted by atomic mass is 16.5. The van der Waals surface area contributed by atoms with E-state index in [2.05, 4.69) is 39.6 Å². The third-order valence-corrected chi connectivity index (χ3v) is 8.30. The lowest BCUT2D eigenvalue weighted by Crippen LogP contribution is -2.44. The summed E-state index contributed by atoms with van der Waals surface area (Å²) in [4.78, 5) is 20.0. The number of hydrogen-bond acceptors (Lipinski definition) is 5. The molecule has 0 spiro atoms. The molecule has 2 aliphatic carbocycles. The summed E-state index contributed by atoms with van der Waals surface area (Å²) < 4.78 is 5.61. The van der Waals surface area contributed by atoms with E-state index in [0.717, 1.165) is 50.4 Å². The molecule has 4 fully saturated rings. The van der Waals surface area contributed by atoms with Crippen LogP contribution in [0.2, 0.25) is 0 Å². The van der Waals surface area contributed by atoms with Gasteiger partial charge in [-0.3, -0.25) is 9.69 Å². The molecule has 2 aromatic rings. The lowest BCUT2D eigenvalue weighted by Gasteiger charge is -2.38. The number of hydrogen-bond donors (Lipinski definition) is 1. The maximum Gasteiger partial charge on any atom is 0.229 e. The highest BCUT2D eigenvalue weighted by Gasteiger charge is 2.43. The van der Waals surface area contributed by atoms with E-state index in [9.17, 15) is 4.79 Å². The molecule has 2 bridgehead atoms. The Balaban J connectivity index is 1.09. The molecular weight excluding hydrogens is 400 g/mol. The van der Waals surface area contributed by atoms with Crippen LogP contribution >= 0.6 is 0 Å². The van der Waals surface area contributed by atoms with Gasteiger partial charge in [-0.1, -0.05) is 41.9 Å². The largest absolute Gasteiger partial charge is 0.349 e. The van der Waals surface area contributed by atoms with Gasteiger partial charge in [-0.2, -0.15) is 4.98 Å². The molecule has 2 saturated carbocycles. The Labute approximate surface area is 190 Å². The summed E-state index contributed by atoms with van der Waals surface area (Å²) in [6.45, 7) is 1.03. The molecule has 1 amide bonds. The van der Waals surface area contributed by atoms with Gasteiger partial charge in [0.1, 0.15) is 0 Å². The van der Waals surface area contributed by atoms with E-state index < -0.39 is 0 Å². The van der Waals surface area contributed by atoms with Gasteiger partial charge in [0.2, 0.25) is 11.8 Å². The van der Waals surface area contributed by atoms with Crippen molar-refractivity contribution < 1.29 is 9.32 Å². The average molecular weight is 435 g/mol. The number of nitrogens with zero attached hydrogens (tertiary/aromatic N) is 3. The van der Waals surface area contributed by atoms with E-state index in [1.807, 2.05) is 6.07 Å². The van der Waals surface area contributed by atoms with Gasteiger partial charge >= 0.3 is 0 Å². The summed E-state index contributed by atoms with van der Waals surface area (Å²) in [5.41, 5.74) is 1.22. The molecule has 170 valence electrons. The quantitative estimate of drug-likeness (QED) is 0.652. The fourth-order valence-electron chi connectivity index (χ4n) is 6.00. The van der Waals surface area contributed by atoms with Crippen LogP contribution in [0.25, 0.3) is 0 Å². The first-order valence-corrected chi connectivity index (χ1v) is 12.7. The first kappa shape index (κ1) is 20.4. The fourth-order valence-corrected chi connectivity index (χ4v) is 6.00. The number of nitrogens with one attached hydrogen (secondary N) is 1. The van der Waals surface area contributed by atoms with Crippen molar-refractivity contribution in [3.63, 3.8) is 0 Å². The predicted molar refractivity (Wildman–Crippen MR) is 121 cm³/mol. The van der Waals surface area contributed by atoms with Crippen LogP contribution in [-0.4, -0.2) is 39.6 Å². The molecule has 3 heterocycles. The molecule has 1 aromatic carbocycles. The van der Waals surface area contributed by atoms with Crippen molar-refractivity contribution in [1.29, 1.82) is 0 Å². The fraction of sp³-hybridized carbons (Fsp3) is 0.654. The van der Waals surface area contributed by atoms with Gasteiger partial charge in [-0.05, 0) is 63.4 Å². The second-order valence-electron chi connectivity index (χ2n) is 10.4. The predicted octanol–water partition coefficient (Wildman–Crippen LogP) is 4.71. The van der Waals surface area contributed by atoms with Crippen molar-refractivity contribution in [3.8, 4) is 0 Å². The highest BCUT2D eigenvalue weighted by molar-refractivity contribution is 5.81. The van der Waals surface area contributed by atoms with E-state index >= 15 is 0 Å². The third kappa shape index (κ3) is 4.09. The van der Waals surface area contributed by atoms with Crippen molar-refractivity contribution in [2.24, 2.45) is 5.92 Å². The maximum absolute atomic E-state index is 12.5. The topological polar surface area (TPSA) is 71.3 Å². The molecule has 0 unspecified atom stereocenters. The summed E-state index contributed by atoms with van der Waals surface area (Å²) >= 11 is 0. The van der Waals surface area contributed by atoms with Gasteiger partial charge in [0.05, 0.1) is 6.04 Å². The Morgan fingerprint density at radius 2 is 1.78 bits per heavy atom. The van der Waals surface area contributed by atoms with Crippen LogP contribution in [0, 0.1) is 5.92 Å². The molecule has 3 atom stereocenters. The Morgan fingerprint density at radius 1 is 1.03 bits per heavy atom. The van der Waals surface area contributed by atoms with Crippen molar-refractivity contribution in [2.45, 2.75) is 94.2 Å². The van der Waals surface area contributed by atoms with E-state index in [-0.39, 0.29) is 17.9 Å². The van der Waals surface area contributed by atoms with Gasteiger partial charge < -0.3 is 9.84 Å². The van der Waals surface area contributed by atoms with Crippen molar-refractivity contribution in [3.05, 3.63) is 47.6 Å². The number of piperidine rings is 1. The van der Waals surface area contributed by atoms with E-state index in [1.54, 1.807) is 0 Å². The number of amides is 1. The first-order valence-electron chi connectivity index (χ1n) is 12.7. The van der Waals surface area contributed by atoms with Crippen LogP contribution in [0.4, 0.5) is 0 Å². The third-order valence-electron chi connectivity index (χ3n) is 8.30. The lowest BCUT2D eigenvalue weighted by atomic mass is 9.85. The Bertz CT molecular complexity index is 922. The number of fused-ring (bicyclic) bond motifs is 2. The molecular formula is C26H34N4O2. The lowest BCUT2D eigenvalue weighted by molar-refractivity contribution is -0.123. The second kappa shape index (κ2) is 8.62. The van der Waals surface area contributed by atoms with E-state index in [4.69, 9.17) is 9.51 Å². The van der Waals surface area contributed by atoms with Crippen LogP contribution in [0.5, 0.6) is 0 Å². The minimum Gasteiger partial charge on any atom is -0.349 e. The molecule has 1 aromatic heterocycles. The monoisotopic (exact) mass is 434 g/mol. The summed E-state index contributed by atoms with van der Waals surface area (Å²) in [6, 6.07) is 11.8. The van der Waals surface area contributed by atoms with Crippen molar-refractivity contribution in [2.75, 3.05) is 6.54 Å². The molecule has 2 saturated heterocycles.